The highest BCUT2D eigenvalue weighted by Crippen LogP contribution is 2.47. The van der Waals surface area contributed by atoms with E-state index in [4.69, 9.17) is 4.74 Å². The van der Waals surface area contributed by atoms with Gasteiger partial charge in [-0.15, -0.1) is 0 Å². The molecule has 5 nitrogen and oxygen atoms in total. The normalized spacial score (nSPS) is 15.3. The number of nitrogens with one attached hydrogen (secondary N) is 2. The van der Waals surface area contributed by atoms with Gasteiger partial charge in [0.15, 0.2) is 0 Å². The predicted molar refractivity (Wildman–Crippen MR) is 83.9 cm³/mol. The first-order valence-electron chi connectivity index (χ1n) is 6.93. The van der Waals surface area contributed by atoms with Gasteiger partial charge in [-0.1, -0.05) is 12.1 Å². The average Bonchev–Trinajstić information content (AvgIpc) is 3.27. The van der Waals surface area contributed by atoms with Crippen molar-refractivity contribution in [2.45, 2.75) is 19.3 Å². The average molecular weight is 355 g/mol. The molecule has 1 aliphatic carbocycles. The van der Waals surface area contributed by atoms with Crippen molar-refractivity contribution in [2.24, 2.45) is 5.41 Å². The molecule has 0 atom stereocenters. The number of amides is 2. The third kappa shape index (κ3) is 3.83. The van der Waals surface area contributed by atoms with Gasteiger partial charge in [-0.2, -0.15) is 0 Å². The number of rotatable bonds is 7. The molecular formula is C15H19BrN2O3. The number of benzene rings is 1. The number of halogens is 1. The van der Waals surface area contributed by atoms with Crippen LogP contribution in [-0.4, -0.2) is 32.1 Å². The Bertz CT molecular complexity index is 529. The molecule has 0 radical (unpaired) electrons. The van der Waals surface area contributed by atoms with Gasteiger partial charge in [0, 0.05) is 24.7 Å². The summed E-state index contributed by atoms with van der Waals surface area (Å²) in [5.74, 6) is -0.429. The Morgan fingerprint density at radius 2 is 2.00 bits per heavy atom. The van der Waals surface area contributed by atoms with Crippen LogP contribution in [0.3, 0.4) is 0 Å². The zero-order chi connectivity index (χ0) is 15.3. The second kappa shape index (κ2) is 7.04. The molecule has 2 amide bonds. The van der Waals surface area contributed by atoms with E-state index in [9.17, 15) is 9.59 Å². The van der Waals surface area contributed by atoms with E-state index in [1.54, 1.807) is 13.2 Å². The molecule has 1 fully saturated rings. The summed E-state index contributed by atoms with van der Waals surface area (Å²) < 4.78 is 5.73. The molecule has 0 unspecified atom stereocenters. The Labute approximate surface area is 132 Å². The number of ether oxygens (including phenoxy) is 1. The Hall–Kier alpha value is -1.40. The van der Waals surface area contributed by atoms with Crippen LogP contribution in [0.15, 0.2) is 28.7 Å². The first kappa shape index (κ1) is 16.0. The monoisotopic (exact) mass is 354 g/mol. The van der Waals surface area contributed by atoms with Gasteiger partial charge in [0.25, 0.3) is 0 Å². The first-order chi connectivity index (χ1) is 10.1. The Morgan fingerprint density at radius 3 is 2.62 bits per heavy atom. The molecule has 21 heavy (non-hydrogen) atoms. The smallest absolute Gasteiger partial charge is 0.240 e. The minimum absolute atomic E-state index is 0.192. The Kier molecular flexibility index (Phi) is 5.36. The second-order valence-corrected chi connectivity index (χ2v) is 5.97. The van der Waals surface area contributed by atoms with Crippen molar-refractivity contribution in [3.63, 3.8) is 0 Å². The maximum Gasteiger partial charge on any atom is 0.240 e. The Balaban J connectivity index is 1.92. The minimum Gasteiger partial charge on any atom is -0.385 e. The molecule has 1 aliphatic rings. The number of carbonyl (C=O) groups excluding carboxylic acids is 2. The molecule has 114 valence electrons. The molecule has 1 aromatic carbocycles. The van der Waals surface area contributed by atoms with Gasteiger partial charge in [0.1, 0.15) is 5.41 Å². The minimum atomic E-state index is -0.900. The second-order valence-electron chi connectivity index (χ2n) is 5.12. The standard InChI is InChI=1S/C15H19BrN2O3/c1-21-10-4-9-17-13(19)15(7-8-15)14(20)18-12-6-3-2-5-11(12)16/h2-3,5-6H,4,7-10H2,1H3,(H,17,19)(H,18,20). The lowest BCUT2D eigenvalue weighted by Gasteiger charge is -2.16. The fourth-order valence-corrected chi connectivity index (χ4v) is 2.46. The van der Waals surface area contributed by atoms with E-state index in [1.165, 1.54) is 0 Å². The predicted octanol–water partition coefficient (Wildman–Crippen LogP) is 2.32. The van der Waals surface area contributed by atoms with Gasteiger partial charge in [-0.3, -0.25) is 9.59 Å². The largest absolute Gasteiger partial charge is 0.385 e. The number of hydrogen-bond acceptors (Lipinski definition) is 3. The lowest BCUT2D eigenvalue weighted by molar-refractivity contribution is -0.134. The van der Waals surface area contributed by atoms with Crippen LogP contribution in [0.1, 0.15) is 19.3 Å². The van der Waals surface area contributed by atoms with Crippen LogP contribution in [0.4, 0.5) is 5.69 Å². The van der Waals surface area contributed by atoms with Crippen molar-refractivity contribution < 1.29 is 14.3 Å². The van der Waals surface area contributed by atoms with Gasteiger partial charge in [-0.05, 0) is 47.3 Å². The molecule has 6 heteroatoms. The highest BCUT2D eigenvalue weighted by atomic mass is 79.9. The zero-order valence-corrected chi connectivity index (χ0v) is 13.5. The van der Waals surface area contributed by atoms with E-state index >= 15 is 0 Å². The van der Waals surface area contributed by atoms with Crippen molar-refractivity contribution in [3.8, 4) is 0 Å². The maximum atomic E-state index is 12.4. The summed E-state index contributed by atoms with van der Waals surface area (Å²) in [4.78, 5) is 24.5. The molecule has 0 aliphatic heterocycles. The van der Waals surface area contributed by atoms with Crippen molar-refractivity contribution in [2.75, 3.05) is 25.6 Å². The highest BCUT2D eigenvalue weighted by Gasteiger charge is 2.56. The van der Waals surface area contributed by atoms with E-state index in [0.717, 1.165) is 10.9 Å². The van der Waals surface area contributed by atoms with Crippen molar-refractivity contribution >= 4 is 33.4 Å². The van der Waals surface area contributed by atoms with Crippen molar-refractivity contribution in [1.82, 2.24) is 5.32 Å². The highest BCUT2D eigenvalue weighted by molar-refractivity contribution is 9.10. The van der Waals surface area contributed by atoms with E-state index in [1.807, 2.05) is 18.2 Å². The number of carbonyl (C=O) groups is 2. The lowest BCUT2D eigenvalue weighted by Crippen LogP contribution is -2.40. The van der Waals surface area contributed by atoms with Crippen LogP contribution in [0, 0.1) is 5.41 Å². The summed E-state index contributed by atoms with van der Waals surface area (Å²) in [6.45, 7) is 1.12. The third-order valence-electron chi connectivity index (χ3n) is 3.55. The summed E-state index contributed by atoms with van der Waals surface area (Å²) >= 11 is 3.38. The van der Waals surface area contributed by atoms with Gasteiger partial charge < -0.3 is 15.4 Å². The molecule has 0 aromatic heterocycles. The summed E-state index contributed by atoms with van der Waals surface area (Å²) in [5, 5.41) is 5.63. The van der Waals surface area contributed by atoms with E-state index in [-0.39, 0.29) is 11.8 Å². The van der Waals surface area contributed by atoms with Crippen LogP contribution in [0.2, 0.25) is 0 Å². The molecule has 1 saturated carbocycles. The lowest BCUT2D eigenvalue weighted by atomic mass is 10.0. The van der Waals surface area contributed by atoms with Gasteiger partial charge in [0.2, 0.25) is 11.8 Å². The van der Waals surface area contributed by atoms with E-state index in [0.29, 0.717) is 31.7 Å². The van der Waals surface area contributed by atoms with Gasteiger partial charge >= 0.3 is 0 Å². The molecule has 0 bridgehead atoms. The fraction of sp³-hybridized carbons (Fsp3) is 0.467. The molecule has 0 spiro atoms. The molecule has 0 heterocycles. The number of methoxy groups -OCH3 is 1. The number of anilines is 1. The number of hydrogen-bond donors (Lipinski definition) is 2. The molecule has 0 saturated heterocycles. The van der Waals surface area contributed by atoms with Crippen LogP contribution in [0.5, 0.6) is 0 Å². The van der Waals surface area contributed by atoms with E-state index < -0.39 is 5.41 Å². The summed E-state index contributed by atoms with van der Waals surface area (Å²) in [5.41, 5.74) is -0.219. The van der Waals surface area contributed by atoms with Gasteiger partial charge in [0.05, 0.1) is 5.69 Å². The van der Waals surface area contributed by atoms with Gasteiger partial charge in [-0.25, -0.2) is 0 Å². The molecule has 2 N–H and O–H groups in total. The van der Waals surface area contributed by atoms with Crippen LogP contribution in [-0.2, 0) is 14.3 Å². The number of para-hydroxylation sites is 1. The third-order valence-corrected chi connectivity index (χ3v) is 4.24. The van der Waals surface area contributed by atoms with Crippen LogP contribution < -0.4 is 10.6 Å². The van der Waals surface area contributed by atoms with Crippen LogP contribution >= 0.6 is 15.9 Å². The van der Waals surface area contributed by atoms with E-state index in [2.05, 4.69) is 26.6 Å². The topological polar surface area (TPSA) is 67.4 Å². The maximum absolute atomic E-state index is 12.4. The SMILES string of the molecule is COCCCNC(=O)C1(C(=O)Nc2ccccc2Br)CC1. The first-order valence-corrected chi connectivity index (χ1v) is 7.73. The quantitative estimate of drug-likeness (QED) is 0.583. The molecular weight excluding hydrogens is 336 g/mol. The summed E-state index contributed by atoms with van der Waals surface area (Å²) in [6, 6.07) is 7.36. The summed E-state index contributed by atoms with van der Waals surface area (Å²) in [7, 11) is 1.62. The zero-order valence-electron chi connectivity index (χ0n) is 11.9. The van der Waals surface area contributed by atoms with Crippen molar-refractivity contribution in [1.29, 1.82) is 0 Å². The van der Waals surface area contributed by atoms with Crippen LogP contribution in [0.25, 0.3) is 0 Å². The Morgan fingerprint density at radius 1 is 1.29 bits per heavy atom. The van der Waals surface area contributed by atoms with Crippen molar-refractivity contribution in [3.05, 3.63) is 28.7 Å². The molecule has 1 aromatic rings. The fourth-order valence-electron chi connectivity index (χ4n) is 2.07. The molecule has 2 rings (SSSR count). The summed E-state index contributed by atoms with van der Waals surface area (Å²) in [6.07, 6.45) is 1.93.